The fourth-order valence-corrected chi connectivity index (χ4v) is 2.34. The zero-order valence-corrected chi connectivity index (χ0v) is 12.8. The van der Waals surface area contributed by atoms with Crippen LogP contribution in [0.4, 0.5) is 0 Å². The average molecular weight is 290 g/mol. The molecule has 22 heavy (non-hydrogen) atoms. The second-order valence-electron chi connectivity index (χ2n) is 5.39. The topological polar surface area (TPSA) is 48.9 Å². The van der Waals surface area contributed by atoms with E-state index in [1.807, 2.05) is 24.3 Å². The summed E-state index contributed by atoms with van der Waals surface area (Å²) in [6.45, 7) is 4.31. The van der Waals surface area contributed by atoms with Crippen LogP contribution in [0.3, 0.4) is 0 Å². The van der Waals surface area contributed by atoms with E-state index < -0.39 is 0 Å². The van der Waals surface area contributed by atoms with Crippen LogP contribution < -0.4 is 0 Å². The number of benzene rings is 2. The Labute approximate surface area is 130 Å². The predicted octanol–water partition coefficient (Wildman–Crippen LogP) is 3.58. The van der Waals surface area contributed by atoms with E-state index in [2.05, 4.69) is 47.8 Å². The highest BCUT2D eigenvalue weighted by molar-refractivity contribution is 5.81. The maximum absolute atomic E-state index is 8.73. The van der Waals surface area contributed by atoms with Crippen LogP contribution in [0.25, 0.3) is 22.4 Å². The van der Waals surface area contributed by atoms with Crippen LogP contribution in [0, 0.1) is 25.7 Å². The molecule has 2 aromatic carbocycles. The molecule has 0 unspecified atom stereocenters. The lowest BCUT2D eigenvalue weighted by atomic mass is 10.1. The minimum atomic E-state index is 0.100. The van der Waals surface area contributed by atoms with Gasteiger partial charge in [-0.05, 0) is 49.2 Å². The van der Waals surface area contributed by atoms with Crippen molar-refractivity contribution in [2.75, 3.05) is 6.61 Å². The fourth-order valence-electron chi connectivity index (χ4n) is 2.34. The van der Waals surface area contributed by atoms with Gasteiger partial charge in [-0.25, -0.2) is 4.98 Å². The molecule has 3 aromatic rings. The highest BCUT2D eigenvalue weighted by Gasteiger charge is 2.06. The molecule has 110 valence electrons. The van der Waals surface area contributed by atoms with Gasteiger partial charge in [0.15, 0.2) is 0 Å². The monoisotopic (exact) mass is 290 g/mol. The van der Waals surface area contributed by atoms with Crippen LogP contribution in [-0.2, 0) is 0 Å². The number of aryl methyl sites for hydroxylation is 2. The van der Waals surface area contributed by atoms with E-state index in [1.54, 1.807) is 0 Å². The van der Waals surface area contributed by atoms with Crippen LogP contribution in [-0.4, -0.2) is 21.7 Å². The number of nitrogens with zero attached hydrogens (tertiary/aromatic N) is 1. The third-order valence-corrected chi connectivity index (χ3v) is 3.73. The van der Waals surface area contributed by atoms with Gasteiger partial charge in [-0.1, -0.05) is 24.0 Å². The second-order valence-corrected chi connectivity index (χ2v) is 5.39. The number of aliphatic hydroxyl groups excluding tert-OH is 1. The first-order valence-electron chi connectivity index (χ1n) is 7.34. The van der Waals surface area contributed by atoms with E-state index in [0.29, 0.717) is 6.42 Å². The summed E-state index contributed by atoms with van der Waals surface area (Å²) in [6, 6.07) is 12.2. The lowest BCUT2D eigenvalue weighted by Crippen LogP contribution is -1.82. The van der Waals surface area contributed by atoms with Crippen LogP contribution in [0.2, 0.25) is 0 Å². The Hall–Kier alpha value is -2.57. The second kappa shape index (κ2) is 6.05. The van der Waals surface area contributed by atoms with Crippen molar-refractivity contribution in [3.8, 4) is 23.2 Å². The van der Waals surface area contributed by atoms with Gasteiger partial charge >= 0.3 is 0 Å². The van der Waals surface area contributed by atoms with Crippen LogP contribution in [0.15, 0.2) is 36.4 Å². The zero-order chi connectivity index (χ0) is 15.5. The highest BCUT2D eigenvalue weighted by Crippen LogP contribution is 2.23. The summed E-state index contributed by atoms with van der Waals surface area (Å²) < 4.78 is 0. The van der Waals surface area contributed by atoms with Gasteiger partial charge in [0.1, 0.15) is 5.82 Å². The summed E-state index contributed by atoms with van der Waals surface area (Å²) in [5.74, 6) is 6.82. The molecule has 0 atom stereocenters. The molecular weight excluding hydrogens is 272 g/mol. The van der Waals surface area contributed by atoms with E-state index in [9.17, 15) is 0 Å². The first kappa shape index (κ1) is 14.4. The first-order chi connectivity index (χ1) is 10.7. The summed E-state index contributed by atoms with van der Waals surface area (Å²) in [6.07, 6.45) is 0.504. The Morgan fingerprint density at radius 3 is 2.55 bits per heavy atom. The van der Waals surface area contributed by atoms with Gasteiger partial charge in [0.25, 0.3) is 0 Å². The molecular formula is C19H18N2O. The number of hydrogen-bond donors (Lipinski definition) is 2. The first-order valence-corrected chi connectivity index (χ1v) is 7.34. The molecule has 3 heteroatoms. The van der Waals surface area contributed by atoms with Gasteiger partial charge in [-0.15, -0.1) is 0 Å². The molecule has 3 nitrogen and oxygen atoms in total. The van der Waals surface area contributed by atoms with Crippen molar-refractivity contribution in [1.82, 2.24) is 9.97 Å². The maximum atomic E-state index is 8.73. The number of fused-ring (bicyclic) bond motifs is 1. The molecule has 2 N–H and O–H groups in total. The summed E-state index contributed by atoms with van der Waals surface area (Å²) in [5, 5.41) is 8.73. The summed E-state index contributed by atoms with van der Waals surface area (Å²) >= 11 is 0. The number of aliphatic hydroxyl groups is 1. The Morgan fingerprint density at radius 1 is 1.09 bits per heavy atom. The molecule has 0 aliphatic heterocycles. The molecule has 1 aromatic heterocycles. The minimum absolute atomic E-state index is 0.100. The number of imidazole rings is 1. The van der Waals surface area contributed by atoms with Crippen LogP contribution in [0.5, 0.6) is 0 Å². The summed E-state index contributed by atoms with van der Waals surface area (Å²) in [7, 11) is 0. The summed E-state index contributed by atoms with van der Waals surface area (Å²) in [4.78, 5) is 8.04. The zero-order valence-electron chi connectivity index (χ0n) is 12.8. The molecule has 0 aliphatic rings. The molecule has 0 bridgehead atoms. The van der Waals surface area contributed by atoms with E-state index in [-0.39, 0.29) is 6.61 Å². The van der Waals surface area contributed by atoms with Crippen molar-refractivity contribution < 1.29 is 5.11 Å². The van der Waals surface area contributed by atoms with E-state index in [4.69, 9.17) is 5.11 Å². The highest BCUT2D eigenvalue weighted by atomic mass is 16.2. The Kier molecular flexibility index (Phi) is 3.95. The molecule has 0 amide bonds. The minimum Gasteiger partial charge on any atom is -0.395 e. The van der Waals surface area contributed by atoms with E-state index >= 15 is 0 Å². The third kappa shape index (κ3) is 2.88. The van der Waals surface area contributed by atoms with Gasteiger partial charge in [0.2, 0.25) is 0 Å². The summed E-state index contributed by atoms with van der Waals surface area (Å²) in [5.41, 5.74) is 6.55. The van der Waals surface area contributed by atoms with Crippen molar-refractivity contribution >= 4 is 11.0 Å². The number of H-pyrrole nitrogens is 1. The standard InChI is InChI=1S/C19H18N2O/c1-13-11-17-18(12-14(13)2)21-19(20-17)16-8-6-15(7-9-16)5-3-4-10-22/h6-9,11-12,22H,4,10H2,1-2H3,(H,20,21). The normalized spacial score (nSPS) is 10.5. The van der Waals surface area contributed by atoms with Gasteiger partial charge in [-0.2, -0.15) is 0 Å². The van der Waals surface area contributed by atoms with Crippen LogP contribution in [0.1, 0.15) is 23.1 Å². The molecule has 1 heterocycles. The SMILES string of the molecule is Cc1cc2nc(-c3ccc(C#CCCO)cc3)[nH]c2cc1C. The number of hydrogen-bond acceptors (Lipinski definition) is 2. The van der Waals surface area contributed by atoms with Crippen LogP contribution >= 0.6 is 0 Å². The molecule has 0 radical (unpaired) electrons. The average Bonchev–Trinajstić information content (AvgIpc) is 2.91. The predicted molar refractivity (Wildman–Crippen MR) is 89.6 cm³/mol. The number of aromatic amines is 1. The molecule has 0 saturated heterocycles. The Morgan fingerprint density at radius 2 is 1.82 bits per heavy atom. The Balaban J connectivity index is 1.93. The number of rotatable bonds is 2. The molecule has 0 aliphatic carbocycles. The third-order valence-electron chi connectivity index (χ3n) is 3.73. The molecule has 0 saturated carbocycles. The fraction of sp³-hybridized carbons (Fsp3) is 0.211. The van der Waals surface area contributed by atoms with Crippen molar-refractivity contribution in [3.05, 3.63) is 53.1 Å². The molecule has 0 spiro atoms. The lowest BCUT2D eigenvalue weighted by molar-refractivity contribution is 0.305. The smallest absolute Gasteiger partial charge is 0.138 e. The number of nitrogens with one attached hydrogen (secondary N) is 1. The van der Waals surface area contributed by atoms with Gasteiger partial charge in [-0.3, -0.25) is 0 Å². The largest absolute Gasteiger partial charge is 0.395 e. The maximum Gasteiger partial charge on any atom is 0.138 e. The van der Waals surface area contributed by atoms with Crippen molar-refractivity contribution in [3.63, 3.8) is 0 Å². The van der Waals surface area contributed by atoms with Crippen molar-refractivity contribution in [1.29, 1.82) is 0 Å². The lowest BCUT2D eigenvalue weighted by Gasteiger charge is -1.97. The van der Waals surface area contributed by atoms with Crippen molar-refractivity contribution in [2.24, 2.45) is 0 Å². The van der Waals surface area contributed by atoms with Gasteiger partial charge in [0.05, 0.1) is 17.6 Å². The quantitative estimate of drug-likeness (QED) is 0.709. The Bertz CT molecular complexity index is 825. The number of aromatic nitrogens is 2. The van der Waals surface area contributed by atoms with E-state index in [0.717, 1.165) is 28.0 Å². The van der Waals surface area contributed by atoms with Crippen molar-refractivity contribution in [2.45, 2.75) is 20.3 Å². The van der Waals surface area contributed by atoms with Gasteiger partial charge in [0, 0.05) is 17.5 Å². The van der Waals surface area contributed by atoms with E-state index in [1.165, 1.54) is 11.1 Å². The van der Waals surface area contributed by atoms with Gasteiger partial charge < -0.3 is 10.1 Å². The molecule has 3 rings (SSSR count). The molecule has 0 fully saturated rings.